The summed E-state index contributed by atoms with van der Waals surface area (Å²) in [5.74, 6) is -5.72. The number of cyclic esters (lactones) is 1. The van der Waals surface area contributed by atoms with Crippen LogP contribution in [-0.4, -0.2) is 154 Å². The first-order valence-corrected chi connectivity index (χ1v) is 26.3. The van der Waals surface area contributed by atoms with Crippen LogP contribution >= 0.6 is 0 Å². The Morgan fingerprint density at radius 1 is 0.590 bits per heavy atom. The van der Waals surface area contributed by atoms with Crippen LogP contribution in [0.4, 0.5) is 22.7 Å². The van der Waals surface area contributed by atoms with Crippen LogP contribution < -0.4 is 40.9 Å². The number of carbonyl (C=O) groups is 11. The largest absolute Gasteiger partial charge is 0.481 e. The molecule has 0 aliphatic carbocycles. The monoisotopic (exact) mass is 1140 g/mol. The van der Waals surface area contributed by atoms with Crippen molar-refractivity contribution in [1.82, 2.24) is 21.3 Å². The van der Waals surface area contributed by atoms with Gasteiger partial charge < -0.3 is 69.7 Å². The number of hydrogen-bond acceptors (Lipinski definition) is 17. The molecule has 0 saturated carbocycles. The molecule has 8 rings (SSSR count). The Bertz CT molecular complexity index is 3150. The molecule has 5 aromatic rings. The Hall–Kier alpha value is -9.97. The highest BCUT2D eigenvalue weighted by atomic mass is 16.7. The van der Waals surface area contributed by atoms with Gasteiger partial charge in [0, 0.05) is 51.2 Å². The second-order valence-corrected chi connectivity index (χ2v) is 19.3. The summed E-state index contributed by atoms with van der Waals surface area (Å²) in [6.07, 6.45) is -1.22. The van der Waals surface area contributed by atoms with Crippen LogP contribution in [0.3, 0.4) is 0 Å². The second-order valence-electron chi connectivity index (χ2n) is 19.3. The molecule has 1 saturated heterocycles. The van der Waals surface area contributed by atoms with Gasteiger partial charge in [0.25, 0.3) is 23.6 Å². The van der Waals surface area contributed by atoms with E-state index in [4.69, 9.17) is 24.1 Å². The Morgan fingerprint density at radius 3 is 1.47 bits per heavy atom. The third kappa shape index (κ3) is 17.8. The first kappa shape index (κ1) is 60.7. The molecule has 0 bridgehead atoms. The molecule has 83 heavy (non-hydrogen) atoms. The van der Waals surface area contributed by atoms with Crippen molar-refractivity contribution in [3.05, 3.63) is 156 Å². The summed E-state index contributed by atoms with van der Waals surface area (Å²) < 4.78 is 21.0. The Labute approximate surface area is 476 Å². The van der Waals surface area contributed by atoms with Crippen molar-refractivity contribution in [2.45, 2.75) is 63.8 Å². The minimum absolute atomic E-state index is 0.0176. The Morgan fingerprint density at radius 2 is 1.02 bits per heavy atom. The van der Waals surface area contributed by atoms with E-state index in [-0.39, 0.29) is 64.1 Å². The number of amides is 6. The molecule has 1 fully saturated rings. The smallest absolute Gasteiger partial charge is 0.310 e. The highest BCUT2D eigenvalue weighted by molar-refractivity contribution is 6.02. The lowest BCUT2D eigenvalue weighted by Crippen LogP contribution is -2.52. The van der Waals surface area contributed by atoms with Crippen molar-refractivity contribution in [2.75, 3.05) is 72.1 Å². The number of carbonyl (C=O) groups excluding carboxylic acids is 10. The van der Waals surface area contributed by atoms with Crippen molar-refractivity contribution >= 4 is 88.4 Å². The molecule has 5 N–H and O–H groups in total. The number of esters is 3. The fourth-order valence-corrected chi connectivity index (χ4v) is 9.29. The highest BCUT2D eigenvalue weighted by Gasteiger charge is 2.39. The number of rotatable bonds is 20. The number of ether oxygens (including phenoxy) is 4. The molecule has 0 spiro atoms. The molecular formula is C59H62N8O16. The molecule has 3 heterocycles. The van der Waals surface area contributed by atoms with Crippen LogP contribution in [0.2, 0.25) is 0 Å². The van der Waals surface area contributed by atoms with Gasteiger partial charge in [-0.3, -0.25) is 47.9 Å². The summed E-state index contributed by atoms with van der Waals surface area (Å²) in [6.45, 7) is 1.52. The summed E-state index contributed by atoms with van der Waals surface area (Å²) in [5, 5.41) is 20.1. The fourth-order valence-electron chi connectivity index (χ4n) is 9.29. The van der Waals surface area contributed by atoms with E-state index in [1.165, 1.54) is 23.6 Å². The number of aliphatic carboxylic acids is 1. The first-order chi connectivity index (χ1) is 39.9. The zero-order valence-electron chi connectivity index (χ0n) is 45.4. The lowest BCUT2D eigenvalue weighted by Gasteiger charge is -2.28. The van der Waals surface area contributed by atoms with Gasteiger partial charge in [-0.1, -0.05) is 91.0 Å². The minimum atomic E-state index is -1.24. The SMILES string of the molecule is CC(=O)OCC(=O)N1C[C@H](NC(=O)c2ccccc2)CN(CC(=O)N[C@H](C=O)CC(=O)O)c2ccccc21.CC(=O)OCC(=O)N1C[C@H](NC(=O)c2ccccc2)CN(CC(=O)N[C@H]2CC(=O)OC2OCc2ccccc2)c2ccccc21. The Balaban J connectivity index is 0.000000242. The number of benzene rings is 5. The number of nitrogens with zero attached hydrogens (tertiary/aromatic N) is 4. The lowest BCUT2D eigenvalue weighted by molar-refractivity contribution is -0.168. The van der Waals surface area contributed by atoms with Crippen molar-refractivity contribution in [2.24, 2.45) is 0 Å². The normalized spacial score (nSPS) is 17.4. The van der Waals surface area contributed by atoms with E-state index in [1.807, 2.05) is 30.3 Å². The highest BCUT2D eigenvalue weighted by Crippen LogP contribution is 2.34. The average molecular weight is 1140 g/mol. The van der Waals surface area contributed by atoms with Gasteiger partial charge in [0.05, 0.1) is 73.4 Å². The van der Waals surface area contributed by atoms with E-state index >= 15 is 0 Å². The van der Waals surface area contributed by atoms with Gasteiger partial charge in [0.15, 0.2) is 13.2 Å². The standard InChI is InChI=1S/C33H34N4O8.C26H28N4O8/c1-22(38)43-21-30(40)37-18-25(34-32(42)24-12-6-3-7-13-24)17-36(27-14-8-9-15-28(27)37)19-29(39)35-26-16-31(41)45-33(26)44-20-23-10-4-2-5-11-23;1-17(32)38-16-24(34)30-13-20(28-26(37)18-7-3-2-4-8-18)12-29(21-9-5-6-10-22(21)30)14-23(33)27-19(15-31)11-25(35)36/h2-15,25-26,33H,16-21H2,1H3,(H,34,42)(H,35,39);2-10,15,19-20H,11-14,16H2,1H3,(H,27,33)(H,28,37)(H,35,36)/t25-,26+,33?;19-,20+/m10/s1. The quantitative estimate of drug-likeness (QED) is 0.0425. The van der Waals surface area contributed by atoms with E-state index in [2.05, 4.69) is 21.3 Å². The molecule has 3 aliphatic heterocycles. The molecule has 5 aromatic carbocycles. The zero-order valence-corrected chi connectivity index (χ0v) is 45.4. The maximum Gasteiger partial charge on any atom is 0.310 e. The molecule has 434 valence electrons. The van der Waals surface area contributed by atoms with Crippen LogP contribution in [0.15, 0.2) is 140 Å². The molecule has 0 aromatic heterocycles. The van der Waals surface area contributed by atoms with Crippen LogP contribution in [0, 0.1) is 0 Å². The van der Waals surface area contributed by atoms with Crippen LogP contribution in [0.1, 0.15) is 53.0 Å². The minimum Gasteiger partial charge on any atom is -0.481 e. The van der Waals surface area contributed by atoms with E-state index in [0.29, 0.717) is 40.2 Å². The summed E-state index contributed by atoms with van der Waals surface area (Å²) in [4.78, 5) is 142. The number of anilines is 4. The van der Waals surface area contributed by atoms with Gasteiger partial charge >= 0.3 is 23.9 Å². The maximum atomic E-state index is 13.5. The van der Waals surface area contributed by atoms with Crippen LogP contribution in [0.25, 0.3) is 0 Å². The first-order valence-electron chi connectivity index (χ1n) is 26.3. The van der Waals surface area contributed by atoms with Gasteiger partial charge in [0.2, 0.25) is 18.1 Å². The van der Waals surface area contributed by atoms with E-state index in [9.17, 15) is 52.7 Å². The molecule has 6 amide bonds. The van der Waals surface area contributed by atoms with Gasteiger partial charge in [-0.05, 0) is 54.1 Å². The number of fused-ring (bicyclic) bond motifs is 2. The predicted molar refractivity (Wildman–Crippen MR) is 299 cm³/mol. The molecule has 0 radical (unpaired) electrons. The van der Waals surface area contributed by atoms with Crippen molar-refractivity contribution < 1.29 is 76.8 Å². The van der Waals surface area contributed by atoms with Gasteiger partial charge in [-0.25, -0.2) is 0 Å². The summed E-state index contributed by atoms with van der Waals surface area (Å²) in [7, 11) is 0. The topological polar surface area (TPSA) is 306 Å². The van der Waals surface area contributed by atoms with Gasteiger partial charge in [-0.2, -0.15) is 0 Å². The van der Waals surface area contributed by atoms with E-state index in [0.717, 1.165) is 5.56 Å². The zero-order chi connectivity index (χ0) is 59.4. The number of nitrogens with one attached hydrogen (secondary N) is 4. The predicted octanol–water partition coefficient (Wildman–Crippen LogP) is 2.54. The molecule has 24 nitrogen and oxygen atoms in total. The average Bonchev–Trinajstić information content (AvgIpc) is 3.80. The molecular weight excluding hydrogens is 1080 g/mol. The van der Waals surface area contributed by atoms with Crippen LogP contribution in [0.5, 0.6) is 0 Å². The third-order valence-corrected chi connectivity index (χ3v) is 13.0. The molecule has 5 atom stereocenters. The number of aldehydes is 1. The molecule has 3 aliphatic rings. The molecule has 24 heteroatoms. The summed E-state index contributed by atoms with van der Waals surface area (Å²) in [5.41, 5.74) is 3.69. The number of carboxylic acids is 1. The Kier molecular flexibility index (Phi) is 21.5. The molecule has 1 unspecified atom stereocenters. The van der Waals surface area contributed by atoms with Crippen molar-refractivity contribution in [3.63, 3.8) is 0 Å². The number of carboxylic acid groups (broad SMARTS) is 1. The van der Waals surface area contributed by atoms with E-state index in [1.54, 1.807) is 119 Å². The van der Waals surface area contributed by atoms with Gasteiger partial charge in [-0.15, -0.1) is 0 Å². The van der Waals surface area contributed by atoms with E-state index < -0.39 is 97.6 Å². The second kappa shape index (κ2) is 29.5. The lowest BCUT2D eigenvalue weighted by atomic mass is 10.2. The number of hydrogen-bond donors (Lipinski definition) is 5. The fraction of sp³-hybridized carbons (Fsp3) is 0.305. The van der Waals surface area contributed by atoms with Crippen molar-refractivity contribution in [1.29, 1.82) is 0 Å². The summed E-state index contributed by atoms with van der Waals surface area (Å²) >= 11 is 0. The number of para-hydroxylation sites is 4. The summed E-state index contributed by atoms with van der Waals surface area (Å²) in [6, 6.07) is 37.1. The third-order valence-electron chi connectivity index (χ3n) is 13.0. The maximum absolute atomic E-state index is 13.5. The van der Waals surface area contributed by atoms with Crippen molar-refractivity contribution in [3.8, 4) is 0 Å². The van der Waals surface area contributed by atoms with Crippen LogP contribution in [-0.2, 0) is 68.7 Å². The van der Waals surface area contributed by atoms with Gasteiger partial charge in [0.1, 0.15) is 12.3 Å².